The molecule has 1 N–H and O–H groups in total. The number of carbonyl (C=O) groups excluding carboxylic acids is 1. The lowest BCUT2D eigenvalue weighted by molar-refractivity contribution is -0.136. The molecule has 0 spiro atoms. The number of esters is 1. The Morgan fingerprint density at radius 3 is 2.76 bits per heavy atom. The van der Waals surface area contributed by atoms with Crippen LogP contribution in [0.2, 0.25) is 0 Å². The first-order valence-electron chi connectivity index (χ1n) is 5.60. The van der Waals surface area contributed by atoms with E-state index in [1.807, 2.05) is 25.2 Å². The van der Waals surface area contributed by atoms with Crippen molar-refractivity contribution in [2.45, 2.75) is 27.2 Å². The van der Waals surface area contributed by atoms with Crippen molar-refractivity contribution in [2.75, 3.05) is 0 Å². The number of aliphatic hydroxyl groups excluding tert-OH is 1. The molecule has 0 bridgehead atoms. The lowest BCUT2D eigenvalue weighted by Gasteiger charge is -2.16. The van der Waals surface area contributed by atoms with E-state index in [1.165, 1.54) is 6.92 Å². The maximum Gasteiger partial charge on any atom is 0.308 e. The average Bonchev–Trinajstić information content (AvgIpc) is 2.21. The Hall–Kier alpha value is -1.77. The minimum absolute atomic E-state index is 0.282. The summed E-state index contributed by atoms with van der Waals surface area (Å²) in [7, 11) is 0. The van der Waals surface area contributed by atoms with Crippen LogP contribution in [-0.4, -0.2) is 11.1 Å². The zero-order valence-corrected chi connectivity index (χ0v) is 10.4. The molecule has 0 aromatic carbocycles. The first-order valence-corrected chi connectivity index (χ1v) is 5.60. The topological polar surface area (TPSA) is 46.5 Å². The molecule has 1 atom stereocenters. The highest BCUT2D eigenvalue weighted by molar-refractivity contribution is 5.68. The van der Waals surface area contributed by atoms with Crippen LogP contribution in [0.5, 0.6) is 0 Å². The zero-order chi connectivity index (χ0) is 12.8. The van der Waals surface area contributed by atoms with Crippen LogP contribution in [0.1, 0.15) is 27.2 Å². The second-order valence-electron chi connectivity index (χ2n) is 4.10. The zero-order valence-electron chi connectivity index (χ0n) is 10.4. The second kappa shape index (κ2) is 6.09. The van der Waals surface area contributed by atoms with Gasteiger partial charge in [-0.25, -0.2) is 0 Å². The average molecular weight is 234 g/mol. The molecule has 0 radical (unpaired) electrons. The molecular weight excluding hydrogens is 216 g/mol. The molecule has 17 heavy (non-hydrogen) atoms. The number of allylic oxidation sites excluding steroid dienone is 7. The monoisotopic (exact) mass is 234 g/mol. The van der Waals surface area contributed by atoms with Gasteiger partial charge < -0.3 is 9.84 Å². The van der Waals surface area contributed by atoms with Crippen LogP contribution >= 0.6 is 0 Å². The van der Waals surface area contributed by atoms with Gasteiger partial charge in [-0.1, -0.05) is 18.2 Å². The first kappa shape index (κ1) is 13.3. The van der Waals surface area contributed by atoms with Crippen molar-refractivity contribution in [3.63, 3.8) is 0 Å². The third-order valence-electron chi connectivity index (χ3n) is 2.38. The lowest BCUT2D eigenvalue weighted by Crippen LogP contribution is -2.06. The maximum absolute atomic E-state index is 10.8. The second-order valence-corrected chi connectivity index (χ2v) is 4.10. The summed E-state index contributed by atoms with van der Waals surface area (Å²) in [6, 6.07) is 0. The normalized spacial score (nSPS) is 21.1. The number of aliphatic hydroxyl groups is 1. The summed E-state index contributed by atoms with van der Waals surface area (Å²) in [5.74, 6) is 0.923. The molecule has 0 saturated carbocycles. The Morgan fingerprint density at radius 1 is 1.53 bits per heavy atom. The van der Waals surface area contributed by atoms with E-state index in [-0.39, 0.29) is 17.6 Å². The Kier molecular flexibility index (Phi) is 4.76. The Morgan fingerprint density at radius 2 is 2.24 bits per heavy atom. The molecule has 1 rings (SSSR count). The van der Waals surface area contributed by atoms with E-state index in [2.05, 4.69) is 6.08 Å². The number of carbonyl (C=O) groups is 1. The van der Waals surface area contributed by atoms with E-state index >= 15 is 0 Å². The molecule has 0 saturated heterocycles. The molecule has 0 aromatic rings. The molecule has 1 aliphatic carbocycles. The maximum atomic E-state index is 10.8. The van der Waals surface area contributed by atoms with E-state index < -0.39 is 0 Å². The van der Waals surface area contributed by atoms with E-state index in [0.29, 0.717) is 5.76 Å². The quantitative estimate of drug-likeness (QED) is 0.462. The molecule has 3 heteroatoms. The van der Waals surface area contributed by atoms with Crippen LogP contribution in [-0.2, 0) is 9.53 Å². The molecule has 0 aromatic heterocycles. The van der Waals surface area contributed by atoms with E-state index in [1.54, 1.807) is 13.0 Å². The molecule has 0 heterocycles. The molecule has 0 amide bonds. The summed E-state index contributed by atoms with van der Waals surface area (Å²) < 4.78 is 5.07. The third-order valence-corrected chi connectivity index (χ3v) is 2.38. The van der Waals surface area contributed by atoms with Crippen molar-refractivity contribution in [1.29, 1.82) is 0 Å². The summed E-state index contributed by atoms with van der Waals surface area (Å²) in [5, 5.41) is 9.00. The minimum Gasteiger partial charge on any atom is -0.513 e. The summed E-state index contributed by atoms with van der Waals surface area (Å²) in [5.41, 5.74) is 0.964. The SMILES string of the molecule is CC(=O)OC1=CC[C@H](/C=C/C=C(\C)O)C=C1C. The summed E-state index contributed by atoms with van der Waals surface area (Å²) in [4.78, 5) is 10.8. The third kappa shape index (κ3) is 4.72. The van der Waals surface area contributed by atoms with Gasteiger partial charge in [-0.2, -0.15) is 0 Å². The molecule has 3 nitrogen and oxygen atoms in total. The molecule has 0 unspecified atom stereocenters. The van der Waals surface area contributed by atoms with Crippen LogP contribution in [0.15, 0.2) is 47.5 Å². The standard InChI is InChI=1S/C14H18O3/c1-10-9-13(6-4-5-11(2)15)7-8-14(10)17-12(3)16/h4-6,8-9,13,15H,7H2,1-3H3/b6-4+,11-5+/t13-/m0/s1. The highest BCUT2D eigenvalue weighted by Gasteiger charge is 2.12. The fourth-order valence-corrected chi connectivity index (χ4v) is 1.62. The van der Waals surface area contributed by atoms with Gasteiger partial charge in [0.15, 0.2) is 0 Å². The smallest absolute Gasteiger partial charge is 0.308 e. The fourth-order valence-electron chi connectivity index (χ4n) is 1.62. The van der Waals surface area contributed by atoms with Gasteiger partial charge in [0.25, 0.3) is 0 Å². The van der Waals surface area contributed by atoms with Crippen molar-refractivity contribution < 1.29 is 14.6 Å². The number of hydrogen-bond donors (Lipinski definition) is 1. The first-order chi connectivity index (χ1) is 7.99. The van der Waals surface area contributed by atoms with Crippen LogP contribution in [0, 0.1) is 5.92 Å². The van der Waals surface area contributed by atoms with E-state index in [0.717, 1.165) is 12.0 Å². The van der Waals surface area contributed by atoms with Gasteiger partial charge in [0.05, 0.1) is 5.76 Å². The van der Waals surface area contributed by atoms with Gasteiger partial charge in [0.2, 0.25) is 0 Å². The van der Waals surface area contributed by atoms with Gasteiger partial charge in [-0.05, 0) is 43.9 Å². The molecule has 1 aliphatic rings. The van der Waals surface area contributed by atoms with Gasteiger partial charge in [-0.3, -0.25) is 4.79 Å². The van der Waals surface area contributed by atoms with Gasteiger partial charge >= 0.3 is 5.97 Å². The Balaban J connectivity index is 2.63. The van der Waals surface area contributed by atoms with Crippen molar-refractivity contribution in [3.05, 3.63) is 47.5 Å². The van der Waals surface area contributed by atoms with Crippen LogP contribution < -0.4 is 0 Å². The molecule has 0 aliphatic heterocycles. The number of ether oxygens (including phenoxy) is 1. The Labute approximate surface area is 102 Å². The van der Waals surface area contributed by atoms with Crippen molar-refractivity contribution >= 4 is 5.97 Å². The predicted molar refractivity (Wildman–Crippen MR) is 67.2 cm³/mol. The molecule has 92 valence electrons. The largest absolute Gasteiger partial charge is 0.513 e. The van der Waals surface area contributed by atoms with Gasteiger partial charge in [-0.15, -0.1) is 0 Å². The van der Waals surface area contributed by atoms with Crippen LogP contribution in [0.4, 0.5) is 0 Å². The highest BCUT2D eigenvalue weighted by Crippen LogP contribution is 2.24. The lowest BCUT2D eigenvalue weighted by atomic mass is 9.95. The predicted octanol–water partition coefficient (Wildman–Crippen LogP) is 3.42. The fraction of sp³-hybridized carbons (Fsp3) is 0.357. The number of hydrogen-bond acceptors (Lipinski definition) is 3. The summed E-state index contributed by atoms with van der Waals surface area (Å²) >= 11 is 0. The summed E-state index contributed by atoms with van der Waals surface area (Å²) in [6.45, 7) is 4.95. The van der Waals surface area contributed by atoms with Crippen LogP contribution in [0.3, 0.4) is 0 Å². The minimum atomic E-state index is -0.295. The van der Waals surface area contributed by atoms with Crippen molar-refractivity contribution in [1.82, 2.24) is 0 Å². The van der Waals surface area contributed by atoms with Gasteiger partial charge in [0.1, 0.15) is 5.76 Å². The molecular formula is C14H18O3. The highest BCUT2D eigenvalue weighted by atomic mass is 16.5. The molecule has 0 fully saturated rings. The van der Waals surface area contributed by atoms with Crippen molar-refractivity contribution in [2.24, 2.45) is 5.92 Å². The number of rotatable bonds is 3. The van der Waals surface area contributed by atoms with Crippen LogP contribution in [0.25, 0.3) is 0 Å². The van der Waals surface area contributed by atoms with E-state index in [9.17, 15) is 4.79 Å². The van der Waals surface area contributed by atoms with E-state index in [4.69, 9.17) is 9.84 Å². The van der Waals surface area contributed by atoms with Gasteiger partial charge in [0, 0.05) is 6.92 Å². The summed E-state index contributed by atoms with van der Waals surface area (Å²) in [6.07, 6.45) is 10.2. The van der Waals surface area contributed by atoms with Crippen molar-refractivity contribution in [3.8, 4) is 0 Å². The Bertz CT molecular complexity index is 407.